The Balaban J connectivity index is 1.92. The molecule has 20 heavy (non-hydrogen) atoms. The second-order valence-electron chi connectivity index (χ2n) is 6.04. The Hall–Kier alpha value is -0.570. The maximum absolute atomic E-state index is 6.09. The van der Waals surface area contributed by atoms with Gasteiger partial charge in [-0.2, -0.15) is 0 Å². The largest absolute Gasteiger partial charge is 0.385 e. The van der Waals surface area contributed by atoms with Crippen LogP contribution >= 0.6 is 11.6 Å². The molecule has 112 valence electrons. The van der Waals surface area contributed by atoms with Gasteiger partial charge in [0.15, 0.2) is 0 Å². The molecular weight excluding hydrogens is 270 g/mol. The molecule has 0 aliphatic heterocycles. The van der Waals surface area contributed by atoms with Gasteiger partial charge in [-0.25, -0.2) is 0 Å². The molecule has 2 atom stereocenters. The number of hydrogen-bond acceptors (Lipinski definition) is 2. The van der Waals surface area contributed by atoms with Gasteiger partial charge in [0.05, 0.1) is 0 Å². The number of halogens is 1. The fourth-order valence-corrected chi connectivity index (χ4v) is 2.80. The summed E-state index contributed by atoms with van der Waals surface area (Å²) in [6.45, 7) is 4.28. The van der Waals surface area contributed by atoms with Crippen molar-refractivity contribution < 1.29 is 4.74 Å². The zero-order valence-electron chi connectivity index (χ0n) is 12.6. The summed E-state index contributed by atoms with van der Waals surface area (Å²) >= 11 is 6.09. The maximum atomic E-state index is 6.09. The summed E-state index contributed by atoms with van der Waals surface area (Å²) in [6, 6.07) is 9.03. The van der Waals surface area contributed by atoms with Crippen molar-refractivity contribution in [1.29, 1.82) is 0 Å². The summed E-state index contributed by atoms with van der Waals surface area (Å²) in [4.78, 5) is 0. The number of hydrogen-bond donors (Lipinski definition) is 1. The third-order valence-electron chi connectivity index (χ3n) is 4.22. The van der Waals surface area contributed by atoms with E-state index in [1.165, 1.54) is 18.4 Å². The highest BCUT2D eigenvalue weighted by atomic mass is 35.5. The van der Waals surface area contributed by atoms with Gasteiger partial charge < -0.3 is 10.1 Å². The summed E-state index contributed by atoms with van der Waals surface area (Å²) in [5.41, 5.74) is 1.34. The molecule has 2 nitrogen and oxygen atoms in total. The van der Waals surface area contributed by atoms with Gasteiger partial charge in [-0.1, -0.05) is 30.7 Å². The Bertz CT molecular complexity index is 406. The van der Waals surface area contributed by atoms with Crippen molar-refractivity contribution >= 4 is 11.6 Å². The Morgan fingerprint density at radius 3 is 2.85 bits per heavy atom. The van der Waals surface area contributed by atoms with Crippen LogP contribution in [0.15, 0.2) is 24.3 Å². The van der Waals surface area contributed by atoms with E-state index in [2.05, 4.69) is 24.4 Å². The highest BCUT2D eigenvalue weighted by Crippen LogP contribution is 2.24. The van der Waals surface area contributed by atoms with Crippen LogP contribution in [0.2, 0.25) is 5.02 Å². The lowest BCUT2D eigenvalue weighted by atomic mass is 9.86. The lowest BCUT2D eigenvalue weighted by Gasteiger charge is -2.24. The van der Waals surface area contributed by atoms with Gasteiger partial charge in [0, 0.05) is 24.8 Å². The normalized spacial score (nSPS) is 17.9. The first-order valence-electron chi connectivity index (χ1n) is 7.65. The highest BCUT2D eigenvalue weighted by molar-refractivity contribution is 6.30. The minimum absolute atomic E-state index is 0.643. The molecule has 1 fully saturated rings. The first-order chi connectivity index (χ1) is 9.69. The second kappa shape index (κ2) is 8.02. The van der Waals surface area contributed by atoms with E-state index >= 15 is 0 Å². The first-order valence-corrected chi connectivity index (χ1v) is 8.03. The summed E-state index contributed by atoms with van der Waals surface area (Å²) in [6.07, 6.45) is 4.89. The zero-order chi connectivity index (χ0) is 14.4. The molecule has 2 unspecified atom stereocenters. The molecular formula is C17H26ClNO. The van der Waals surface area contributed by atoms with E-state index in [9.17, 15) is 0 Å². The van der Waals surface area contributed by atoms with Crippen LogP contribution < -0.4 is 5.32 Å². The molecule has 1 saturated carbocycles. The molecule has 1 aliphatic carbocycles. The van der Waals surface area contributed by atoms with Crippen molar-refractivity contribution in [3.8, 4) is 0 Å². The number of methoxy groups -OCH3 is 1. The molecule has 1 N–H and O–H groups in total. The lowest BCUT2D eigenvalue weighted by molar-refractivity contribution is 0.163. The summed E-state index contributed by atoms with van der Waals surface area (Å²) < 4.78 is 5.23. The molecule has 1 aliphatic rings. The van der Waals surface area contributed by atoms with E-state index in [4.69, 9.17) is 16.3 Å². The average Bonchev–Trinajstić information content (AvgIpc) is 3.25. The van der Waals surface area contributed by atoms with Gasteiger partial charge in [-0.15, -0.1) is 0 Å². The average molecular weight is 296 g/mol. The van der Waals surface area contributed by atoms with Crippen molar-refractivity contribution in [2.24, 2.45) is 11.8 Å². The van der Waals surface area contributed by atoms with Gasteiger partial charge in [0.2, 0.25) is 0 Å². The van der Waals surface area contributed by atoms with Crippen LogP contribution in [0.4, 0.5) is 0 Å². The molecule has 0 amide bonds. The van der Waals surface area contributed by atoms with Gasteiger partial charge in [-0.3, -0.25) is 0 Å². The van der Waals surface area contributed by atoms with Crippen molar-refractivity contribution in [3.05, 3.63) is 34.9 Å². The van der Waals surface area contributed by atoms with E-state index in [1.54, 1.807) is 7.11 Å². The minimum atomic E-state index is 0.643. The van der Waals surface area contributed by atoms with Crippen LogP contribution in [-0.2, 0) is 11.2 Å². The minimum Gasteiger partial charge on any atom is -0.385 e. The van der Waals surface area contributed by atoms with E-state index in [0.29, 0.717) is 11.8 Å². The number of benzene rings is 1. The molecule has 0 bridgehead atoms. The molecule has 0 spiro atoms. The van der Waals surface area contributed by atoms with Crippen LogP contribution in [-0.4, -0.2) is 26.3 Å². The quantitative estimate of drug-likeness (QED) is 0.745. The Labute approximate surface area is 127 Å². The third kappa shape index (κ3) is 5.43. The second-order valence-corrected chi connectivity index (χ2v) is 6.47. The van der Waals surface area contributed by atoms with Crippen molar-refractivity contribution in [2.75, 3.05) is 20.3 Å². The number of rotatable bonds is 9. The standard InChI is InChI=1S/C17H26ClNO/c1-13(8-9-20-2)15(12-19-17-6-7-17)10-14-4-3-5-16(18)11-14/h3-5,11,13,15,17,19H,6-10,12H2,1-2H3. The van der Waals surface area contributed by atoms with E-state index < -0.39 is 0 Å². The molecule has 0 aromatic heterocycles. The predicted molar refractivity (Wildman–Crippen MR) is 85.3 cm³/mol. The van der Waals surface area contributed by atoms with Crippen molar-refractivity contribution in [2.45, 2.75) is 38.6 Å². The van der Waals surface area contributed by atoms with Crippen LogP contribution in [0.25, 0.3) is 0 Å². The maximum Gasteiger partial charge on any atom is 0.0464 e. The van der Waals surface area contributed by atoms with E-state index in [1.807, 2.05) is 12.1 Å². The van der Waals surface area contributed by atoms with E-state index in [-0.39, 0.29) is 0 Å². The molecule has 3 heteroatoms. The number of ether oxygens (including phenoxy) is 1. The van der Waals surface area contributed by atoms with Crippen LogP contribution in [0.3, 0.4) is 0 Å². The summed E-state index contributed by atoms with van der Waals surface area (Å²) in [5, 5.41) is 4.51. The molecule has 1 aromatic rings. The number of nitrogens with one attached hydrogen (secondary N) is 1. The van der Waals surface area contributed by atoms with E-state index in [0.717, 1.165) is 37.1 Å². The predicted octanol–water partition coefficient (Wildman–Crippen LogP) is 3.92. The Morgan fingerprint density at radius 2 is 2.20 bits per heavy atom. The van der Waals surface area contributed by atoms with Crippen LogP contribution in [0.5, 0.6) is 0 Å². The Kier molecular flexibility index (Phi) is 6.34. The van der Waals surface area contributed by atoms with Crippen LogP contribution in [0.1, 0.15) is 31.7 Å². The molecule has 0 radical (unpaired) electrons. The molecule has 0 heterocycles. The third-order valence-corrected chi connectivity index (χ3v) is 4.45. The SMILES string of the molecule is COCCC(C)C(CNC1CC1)Cc1cccc(Cl)c1. The van der Waals surface area contributed by atoms with Gasteiger partial charge in [-0.05, 0) is 61.8 Å². The van der Waals surface area contributed by atoms with Gasteiger partial charge >= 0.3 is 0 Å². The summed E-state index contributed by atoms with van der Waals surface area (Å²) in [7, 11) is 1.78. The molecule has 0 saturated heterocycles. The lowest BCUT2D eigenvalue weighted by Crippen LogP contribution is -2.30. The fourth-order valence-electron chi connectivity index (χ4n) is 2.59. The van der Waals surface area contributed by atoms with Gasteiger partial charge in [0.25, 0.3) is 0 Å². The highest BCUT2D eigenvalue weighted by Gasteiger charge is 2.24. The zero-order valence-corrected chi connectivity index (χ0v) is 13.3. The topological polar surface area (TPSA) is 21.3 Å². The smallest absolute Gasteiger partial charge is 0.0464 e. The fraction of sp³-hybridized carbons (Fsp3) is 0.647. The summed E-state index contributed by atoms with van der Waals surface area (Å²) in [5.74, 6) is 1.30. The van der Waals surface area contributed by atoms with Crippen LogP contribution in [0, 0.1) is 11.8 Å². The monoisotopic (exact) mass is 295 g/mol. The molecule has 2 rings (SSSR count). The Morgan fingerprint density at radius 1 is 1.40 bits per heavy atom. The van der Waals surface area contributed by atoms with Crippen molar-refractivity contribution in [3.63, 3.8) is 0 Å². The van der Waals surface area contributed by atoms with Crippen molar-refractivity contribution in [1.82, 2.24) is 5.32 Å². The first kappa shape index (κ1) is 15.8. The van der Waals surface area contributed by atoms with Gasteiger partial charge in [0.1, 0.15) is 0 Å². The molecule has 1 aromatic carbocycles.